The van der Waals surface area contributed by atoms with Gasteiger partial charge in [-0.25, -0.2) is 15.0 Å². The van der Waals surface area contributed by atoms with Crippen LogP contribution in [0.3, 0.4) is 0 Å². The van der Waals surface area contributed by atoms with Crippen molar-refractivity contribution >= 4 is 23.6 Å². The van der Waals surface area contributed by atoms with Crippen LogP contribution in [0.15, 0.2) is 45.1 Å². The number of aliphatic hydroxyl groups is 1. The molecule has 3 heterocycles. The first-order valence-corrected chi connectivity index (χ1v) is 10.5. The standard InChI is InChI=1S/C20H20F9N7O/c21-18(22,23)13-3-1-2-12(34-13)15(30)35-16(33-11-4-6-31-14(8-11)19(24,25)26)32-10-36-7-5-17(37,9-36)20(27,28)29/h3-4,6,8,10,16,37H,1-2,5,7,9H2,(H2,30,35)(H,31,33). The number of hydrogen-bond donors (Lipinski definition) is 3. The van der Waals surface area contributed by atoms with E-state index in [9.17, 15) is 44.6 Å². The molecular weight excluding hydrogens is 525 g/mol. The minimum absolute atomic E-state index is 0.0242. The number of aromatic nitrogens is 1. The molecule has 1 saturated heterocycles. The molecule has 1 fully saturated rings. The largest absolute Gasteiger partial charge is 0.433 e. The number of amidine groups is 1. The van der Waals surface area contributed by atoms with Crippen molar-refractivity contribution in [3.8, 4) is 0 Å². The second-order valence-corrected chi connectivity index (χ2v) is 8.16. The molecule has 0 bridgehead atoms. The number of nitrogens with zero attached hydrogens (tertiary/aromatic N) is 5. The summed E-state index contributed by atoms with van der Waals surface area (Å²) in [4.78, 5) is 15.4. The lowest BCUT2D eigenvalue weighted by atomic mass is 10.0. The monoisotopic (exact) mass is 545 g/mol. The highest BCUT2D eigenvalue weighted by Crippen LogP contribution is 2.37. The van der Waals surface area contributed by atoms with E-state index in [0.717, 1.165) is 29.6 Å². The molecule has 0 saturated carbocycles. The number of rotatable bonds is 6. The molecule has 17 heteroatoms. The fourth-order valence-electron chi connectivity index (χ4n) is 3.40. The number of allylic oxidation sites excluding steroid dienone is 2. The van der Waals surface area contributed by atoms with Crippen molar-refractivity contribution in [2.45, 2.75) is 49.7 Å². The van der Waals surface area contributed by atoms with E-state index >= 15 is 0 Å². The maximum Gasteiger partial charge on any atom is 0.433 e. The van der Waals surface area contributed by atoms with Gasteiger partial charge in [-0.1, -0.05) is 6.08 Å². The van der Waals surface area contributed by atoms with Crippen LogP contribution in [0, 0.1) is 0 Å². The lowest BCUT2D eigenvalue weighted by Crippen LogP contribution is -2.47. The number of alkyl halides is 9. The van der Waals surface area contributed by atoms with Crippen molar-refractivity contribution < 1.29 is 44.6 Å². The van der Waals surface area contributed by atoms with Gasteiger partial charge in [0.05, 0.1) is 18.6 Å². The van der Waals surface area contributed by atoms with Crippen LogP contribution in [0.25, 0.3) is 0 Å². The van der Waals surface area contributed by atoms with E-state index in [1.54, 1.807) is 0 Å². The highest BCUT2D eigenvalue weighted by atomic mass is 19.4. The molecule has 2 unspecified atom stereocenters. The van der Waals surface area contributed by atoms with Gasteiger partial charge in [0.1, 0.15) is 17.2 Å². The Hall–Kier alpha value is -3.37. The lowest BCUT2D eigenvalue weighted by Gasteiger charge is -2.25. The topological polar surface area (TPSA) is 111 Å². The highest BCUT2D eigenvalue weighted by molar-refractivity contribution is 6.41. The normalized spacial score (nSPS) is 22.8. The van der Waals surface area contributed by atoms with Crippen LogP contribution in [0.1, 0.15) is 25.0 Å². The summed E-state index contributed by atoms with van der Waals surface area (Å²) in [7, 11) is 0. The molecule has 4 N–H and O–H groups in total. The first kappa shape index (κ1) is 28.2. The molecule has 0 amide bonds. The number of β-amino-alcohol motifs (C(OH)–C–C–N with tert-alkyl or cyclic N) is 1. The second kappa shape index (κ2) is 10.2. The zero-order valence-electron chi connectivity index (χ0n) is 18.7. The Labute approximate surface area is 203 Å². The molecular formula is C20H20F9N7O. The zero-order valence-corrected chi connectivity index (χ0v) is 18.7. The van der Waals surface area contributed by atoms with Crippen LogP contribution in [0.4, 0.5) is 45.2 Å². The predicted molar refractivity (Wildman–Crippen MR) is 115 cm³/mol. The molecule has 0 aliphatic carbocycles. The third-order valence-electron chi connectivity index (χ3n) is 5.34. The molecule has 0 radical (unpaired) electrons. The number of anilines is 1. The number of halogens is 9. The summed E-state index contributed by atoms with van der Waals surface area (Å²) in [5.74, 6) is -0.511. The third-order valence-corrected chi connectivity index (χ3v) is 5.34. The van der Waals surface area contributed by atoms with Crippen LogP contribution in [0.2, 0.25) is 0 Å². The number of aliphatic imine (C=N–C) groups is 3. The van der Waals surface area contributed by atoms with E-state index < -0.39 is 60.6 Å². The van der Waals surface area contributed by atoms with E-state index in [4.69, 9.17) is 5.73 Å². The molecule has 0 spiro atoms. The summed E-state index contributed by atoms with van der Waals surface area (Å²) in [6.07, 6.45) is -14.2. The van der Waals surface area contributed by atoms with E-state index in [2.05, 4.69) is 25.3 Å². The minimum Gasteiger partial charge on any atom is -0.382 e. The number of nitrogens with one attached hydrogen (secondary N) is 1. The van der Waals surface area contributed by atoms with Crippen LogP contribution in [0.5, 0.6) is 0 Å². The fourth-order valence-corrected chi connectivity index (χ4v) is 3.40. The Balaban J connectivity index is 1.89. The second-order valence-electron chi connectivity index (χ2n) is 8.16. The number of hydrogen-bond acceptors (Lipinski definition) is 6. The average molecular weight is 545 g/mol. The summed E-state index contributed by atoms with van der Waals surface area (Å²) in [5, 5.41) is 12.3. The Morgan fingerprint density at radius 2 is 1.86 bits per heavy atom. The van der Waals surface area contributed by atoms with Crippen LogP contribution >= 0.6 is 0 Å². The first-order valence-electron chi connectivity index (χ1n) is 10.5. The Bertz CT molecular complexity index is 1110. The summed E-state index contributed by atoms with van der Waals surface area (Å²) >= 11 is 0. The maximum atomic E-state index is 13.1. The van der Waals surface area contributed by atoms with Crippen molar-refractivity contribution in [2.75, 3.05) is 18.4 Å². The van der Waals surface area contributed by atoms with E-state index in [1.807, 2.05) is 0 Å². The minimum atomic E-state index is -4.91. The molecule has 204 valence electrons. The molecule has 8 nitrogen and oxygen atoms in total. The van der Waals surface area contributed by atoms with Crippen LogP contribution < -0.4 is 11.1 Å². The van der Waals surface area contributed by atoms with E-state index in [0.29, 0.717) is 6.07 Å². The van der Waals surface area contributed by atoms with Gasteiger partial charge in [-0.2, -0.15) is 39.5 Å². The molecule has 1 aromatic heterocycles. The van der Waals surface area contributed by atoms with E-state index in [1.165, 1.54) is 0 Å². The summed E-state index contributed by atoms with van der Waals surface area (Å²) in [6, 6.07) is 1.72. The molecule has 1 aromatic rings. The highest BCUT2D eigenvalue weighted by Gasteiger charge is 2.56. The summed E-state index contributed by atoms with van der Waals surface area (Å²) in [5.41, 5.74) is -0.127. The van der Waals surface area contributed by atoms with Gasteiger partial charge in [0, 0.05) is 24.8 Å². The Morgan fingerprint density at radius 3 is 2.46 bits per heavy atom. The number of pyridine rings is 1. The van der Waals surface area contributed by atoms with Gasteiger partial charge in [0.25, 0.3) is 0 Å². The quantitative estimate of drug-likeness (QED) is 0.286. The Kier molecular flexibility index (Phi) is 7.76. The van der Waals surface area contributed by atoms with Crippen LogP contribution in [-0.4, -0.2) is 70.2 Å². The molecule has 2 aliphatic rings. The molecule has 2 aliphatic heterocycles. The van der Waals surface area contributed by atoms with Crippen molar-refractivity contribution in [1.29, 1.82) is 0 Å². The molecule has 2 atom stereocenters. The number of likely N-dealkylation sites (tertiary alicyclic amines) is 1. The predicted octanol–water partition coefficient (Wildman–Crippen LogP) is 3.86. The van der Waals surface area contributed by atoms with Crippen LogP contribution in [-0.2, 0) is 6.18 Å². The average Bonchev–Trinajstić information content (AvgIpc) is 3.19. The molecule has 0 aromatic carbocycles. The van der Waals surface area contributed by atoms with Crippen molar-refractivity contribution in [1.82, 2.24) is 9.88 Å². The van der Waals surface area contributed by atoms with Gasteiger partial charge in [0.2, 0.25) is 6.29 Å². The van der Waals surface area contributed by atoms with Gasteiger partial charge in [-0.05, 0) is 25.0 Å². The van der Waals surface area contributed by atoms with Crippen molar-refractivity contribution in [3.05, 3.63) is 35.8 Å². The van der Waals surface area contributed by atoms with Crippen molar-refractivity contribution in [2.24, 2.45) is 20.7 Å². The summed E-state index contributed by atoms with van der Waals surface area (Å²) < 4.78 is 117. The molecule has 37 heavy (non-hydrogen) atoms. The zero-order chi connectivity index (χ0) is 27.6. The van der Waals surface area contributed by atoms with Gasteiger partial charge in [0.15, 0.2) is 5.60 Å². The third kappa shape index (κ3) is 7.11. The Morgan fingerprint density at radius 1 is 1.16 bits per heavy atom. The first-order chi connectivity index (χ1) is 17.0. The van der Waals surface area contributed by atoms with E-state index in [-0.39, 0.29) is 30.8 Å². The SMILES string of the molecule is NC(=NC(N=CN1CCC(O)(C(F)(F)F)C1)Nc1ccnc(C(F)(F)F)c1)C1=NC(C(F)(F)F)=CCC1. The maximum absolute atomic E-state index is 13.1. The van der Waals surface area contributed by atoms with Crippen molar-refractivity contribution in [3.63, 3.8) is 0 Å². The van der Waals surface area contributed by atoms with Gasteiger partial charge >= 0.3 is 18.5 Å². The number of nitrogens with two attached hydrogens (primary N) is 1. The smallest absolute Gasteiger partial charge is 0.382 e. The van der Waals surface area contributed by atoms with Gasteiger partial charge in [-0.3, -0.25) is 4.98 Å². The molecule has 3 rings (SSSR count). The summed E-state index contributed by atoms with van der Waals surface area (Å²) in [6.45, 7) is -1.13. The lowest BCUT2D eigenvalue weighted by molar-refractivity contribution is -0.253. The van der Waals surface area contributed by atoms with Gasteiger partial charge < -0.3 is 21.1 Å². The van der Waals surface area contributed by atoms with Gasteiger partial charge in [-0.15, -0.1) is 0 Å². The fraction of sp³-hybridized carbons (Fsp3) is 0.500.